The van der Waals surface area contributed by atoms with Gasteiger partial charge in [-0.05, 0) is 227 Å². The monoisotopic (exact) mass is 1720 g/mol. The molecule has 1 aliphatic rings. The second-order valence-corrected chi connectivity index (χ2v) is 33.8. The van der Waals surface area contributed by atoms with Gasteiger partial charge in [-0.1, -0.05) is 125 Å². The Morgan fingerprint density at radius 3 is 1.04 bits per heavy atom. The number of sulfone groups is 2. The van der Waals surface area contributed by atoms with Crippen molar-refractivity contribution in [1.29, 1.82) is 0 Å². The molecule has 600 valence electrons. The Balaban J connectivity index is 0.000000165. The van der Waals surface area contributed by atoms with E-state index in [1.807, 2.05) is 79.7 Å². The molecule has 1 atom stereocenters. The van der Waals surface area contributed by atoms with Gasteiger partial charge in [0.1, 0.15) is 0 Å². The van der Waals surface area contributed by atoms with Crippen molar-refractivity contribution in [3.63, 3.8) is 0 Å². The molecule has 0 saturated carbocycles. The van der Waals surface area contributed by atoms with Crippen molar-refractivity contribution in [1.82, 2.24) is 30.6 Å². The summed E-state index contributed by atoms with van der Waals surface area (Å²) in [5, 5.41) is 18.9. The lowest BCUT2D eigenvalue weighted by Crippen LogP contribution is -2.31. The van der Waals surface area contributed by atoms with Crippen LogP contribution in [-0.4, -0.2) is 109 Å². The summed E-state index contributed by atoms with van der Waals surface area (Å²) in [6, 6.07) is 65.1. The minimum Gasteiger partial charge on any atom is -0.376 e. The zero-order valence-corrected chi connectivity index (χ0v) is 69.6. The number of anilines is 4. The van der Waals surface area contributed by atoms with Crippen molar-refractivity contribution in [2.24, 2.45) is 0 Å². The number of nitrogens with zero attached hydrogens (tertiary/aromatic N) is 4. The molecule has 1 fully saturated rings. The SMILES string of the molecule is CC(C)S(=O)(=O)Cc1ccc(C(=O)Nc2ccc(Cl)c(-c3ccccn3)c2)cc1.CCNC(=O)c1ccc(C(=O)Nc2ccc(Cl)c(-c3ccccn3)c2)c(Cl)c1.CCS(=O)(=O)Cc1ccc(C(=O)Nc2ccc(Cl)c(-c3ccccn3)c2)cc1.O=C(NC[C@@H]1CCCO1)c1ccc(C(=O)Nc2ccc(Cl)c(-c3ccccn3)c2)c(Cl)c1. The van der Waals surface area contributed by atoms with E-state index in [2.05, 4.69) is 51.8 Å². The topological polar surface area (TPSA) is 304 Å². The van der Waals surface area contributed by atoms with Gasteiger partial charge in [0.15, 0.2) is 19.7 Å². The van der Waals surface area contributed by atoms with Gasteiger partial charge in [-0.15, -0.1) is 0 Å². The lowest BCUT2D eigenvalue weighted by atomic mass is 10.1. The van der Waals surface area contributed by atoms with E-state index in [9.17, 15) is 45.6 Å². The van der Waals surface area contributed by atoms with E-state index in [4.69, 9.17) is 74.3 Å². The Kier molecular flexibility index (Phi) is 31.7. The maximum Gasteiger partial charge on any atom is 0.257 e. The van der Waals surface area contributed by atoms with Gasteiger partial charge in [0.25, 0.3) is 35.4 Å². The van der Waals surface area contributed by atoms with Crippen LogP contribution < -0.4 is 31.9 Å². The highest BCUT2D eigenvalue weighted by Gasteiger charge is 2.23. The van der Waals surface area contributed by atoms with Crippen molar-refractivity contribution in [2.45, 2.75) is 63.4 Å². The quantitative estimate of drug-likeness (QED) is 0.0347. The lowest BCUT2D eigenvalue weighted by molar-refractivity contribution is 0.0856. The van der Waals surface area contributed by atoms with Gasteiger partial charge in [-0.3, -0.25) is 48.7 Å². The summed E-state index contributed by atoms with van der Waals surface area (Å²) >= 11 is 37.6. The molecule has 0 spiro atoms. The van der Waals surface area contributed by atoms with E-state index in [1.165, 1.54) is 24.3 Å². The molecule has 1 saturated heterocycles. The fraction of sp³-hybridized carbons (Fsp3) is 0.159. The predicted molar refractivity (Wildman–Crippen MR) is 467 cm³/mol. The van der Waals surface area contributed by atoms with E-state index in [0.717, 1.165) is 30.6 Å². The zero-order valence-electron chi connectivity index (χ0n) is 63.4. The van der Waals surface area contributed by atoms with Crippen molar-refractivity contribution in [3.8, 4) is 45.0 Å². The number of amides is 6. The molecule has 29 heteroatoms. The number of nitrogens with one attached hydrogen (secondary N) is 6. The third-order valence-corrected chi connectivity index (χ3v) is 23.6. The summed E-state index contributed by atoms with van der Waals surface area (Å²) in [4.78, 5) is 92.0. The van der Waals surface area contributed by atoms with Crippen LogP contribution in [0.25, 0.3) is 45.0 Å². The van der Waals surface area contributed by atoms with Crippen molar-refractivity contribution in [3.05, 3.63) is 330 Å². The number of carbonyl (C=O) groups excluding carboxylic acids is 6. The standard InChI is InChI=1S/C24H21Cl2N3O3.C22H21ClN2O3S.C21H17Cl2N3O2.C21H19ClN2O3S/c25-20-9-7-16(13-19(20)22-5-1-2-10-27-22)29-24(31)18-8-6-15(12-21(18)26)23(30)28-14-17-4-3-11-32-17;1-15(2)29(27,28)14-16-6-8-17(9-7-16)22(26)25-18-10-11-20(23)19(13-18)21-5-3-4-12-24-21;1-2-24-20(27)13-6-8-15(18(23)11-13)21(28)26-14-7-9-17(22)16(12-14)19-5-3-4-10-25-19;1-2-28(26,27)14-15-6-8-16(9-7-15)21(25)24-17-10-11-19(22)18(13-17)20-5-3-4-12-23-20/h1-2,5-10,12-13,17H,3-4,11,14H2,(H,28,30)(H,29,31);3-13,15H,14H2,1-2H3,(H,25,26);3-12H,2H2,1H3,(H,24,27)(H,26,28);3-13H,2,14H2,1H3,(H,24,25)/t17-;;;/m0.../s1. The summed E-state index contributed by atoms with van der Waals surface area (Å²) in [5.74, 6) is -1.85. The van der Waals surface area contributed by atoms with E-state index in [1.54, 1.807) is 179 Å². The lowest BCUT2D eigenvalue weighted by Gasteiger charge is -2.12. The average Bonchev–Trinajstić information content (AvgIpc) is 1.68. The number of hydrogen-bond donors (Lipinski definition) is 6. The van der Waals surface area contributed by atoms with Crippen LogP contribution >= 0.6 is 69.6 Å². The Hall–Kier alpha value is -11.2. The normalized spacial score (nSPS) is 12.2. The molecule has 13 rings (SSSR count). The van der Waals surface area contributed by atoms with Crippen LogP contribution in [0, 0.1) is 0 Å². The minimum absolute atomic E-state index is 0.0317. The number of benzene rings is 8. The van der Waals surface area contributed by atoms with Crippen LogP contribution in [0.2, 0.25) is 30.1 Å². The van der Waals surface area contributed by atoms with E-state index >= 15 is 0 Å². The summed E-state index contributed by atoms with van der Waals surface area (Å²) in [7, 11) is -6.30. The number of halogens is 6. The van der Waals surface area contributed by atoms with E-state index < -0.39 is 30.8 Å². The van der Waals surface area contributed by atoms with Crippen LogP contribution in [0.4, 0.5) is 22.7 Å². The third kappa shape index (κ3) is 25.4. The fourth-order valence-corrected chi connectivity index (χ4v) is 14.7. The number of rotatable bonds is 23. The van der Waals surface area contributed by atoms with Gasteiger partial charge >= 0.3 is 0 Å². The average molecular weight is 1730 g/mol. The first-order valence-electron chi connectivity index (χ1n) is 36.6. The first-order chi connectivity index (χ1) is 56.1. The largest absolute Gasteiger partial charge is 0.376 e. The highest BCUT2D eigenvalue weighted by molar-refractivity contribution is 7.91. The van der Waals surface area contributed by atoms with Gasteiger partial charge in [0.05, 0.1) is 86.9 Å². The molecule has 0 bridgehead atoms. The second-order valence-electron chi connectivity index (χ2n) is 26.5. The molecule has 8 aromatic carbocycles. The van der Waals surface area contributed by atoms with Crippen LogP contribution in [0.5, 0.6) is 0 Å². The molecule has 6 N–H and O–H groups in total. The molecule has 12 aromatic rings. The molecule has 0 radical (unpaired) electrons. The first kappa shape index (κ1) is 88.2. The number of hydrogen-bond acceptors (Lipinski definition) is 15. The van der Waals surface area contributed by atoms with Crippen LogP contribution in [0.1, 0.15) is 114 Å². The summed E-state index contributed by atoms with van der Waals surface area (Å²) in [6.07, 6.45) is 8.70. The first-order valence-corrected chi connectivity index (χ1v) is 42.4. The van der Waals surface area contributed by atoms with Crippen LogP contribution in [0.15, 0.2) is 255 Å². The van der Waals surface area contributed by atoms with Gasteiger partial charge in [0, 0.05) is 117 Å². The molecular formula is C88H78Cl6N10O11S2. The van der Waals surface area contributed by atoms with E-state index in [0.29, 0.717) is 123 Å². The molecular weight excluding hydrogens is 1650 g/mol. The molecule has 6 amide bonds. The number of carbonyl (C=O) groups is 6. The summed E-state index contributed by atoms with van der Waals surface area (Å²) in [5.41, 5.74) is 11.5. The number of aromatic nitrogens is 4. The molecule has 1 aliphatic heterocycles. The Bertz CT molecular complexity index is 5770. The van der Waals surface area contributed by atoms with Gasteiger partial charge in [-0.2, -0.15) is 0 Å². The number of ether oxygens (including phenoxy) is 1. The smallest absolute Gasteiger partial charge is 0.257 e. The fourth-order valence-electron chi connectivity index (χ4n) is 11.4. The Morgan fingerprint density at radius 1 is 0.393 bits per heavy atom. The molecule has 5 heterocycles. The third-order valence-electron chi connectivity index (χ3n) is 17.8. The van der Waals surface area contributed by atoms with Gasteiger partial charge < -0.3 is 36.6 Å². The predicted octanol–water partition coefficient (Wildman–Crippen LogP) is 19.8. The molecule has 0 unspecified atom stereocenters. The highest BCUT2D eigenvalue weighted by atomic mass is 35.5. The Labute approximate surface area is 708 Å². The maximum absolute atomic E-state index is 12.8. The molecule has 0 aliphatic carbocycles. The van der Waals surface area contributed by atoms with Crippen molar-refractivity contribution in [2.75, 3.05) is 46.7 Å². The molecule has 117 heavy (non-hydrogen) atoms. The molecule has 21 nitrogen and oxygen atoms in total. The molecule has 4 aromatic heterocycles. The van der Waals surface area contributed by atoms with Crippen LogP contribution in [-0.2, 0) is 35.9 Å². The number of pyridine rings is 4. The summed E-state index contributed by atoms with van der Waals surface area (Å²) in [6.45, 7) is 8.44. The van der Waals surface area contributed by atoms with Crippen LogP contribution in [0.3, 0.4) is 0 Å². The maximum atomic E-state index is 12.8. The van der Waals surface area contributed by atoms with Crippen molar-refractivity contribution >= 4 is 147 Å². The Morgan fingerprint density at radius 2 is 0.735 bits per heavy atom. The van der Waals surface area contributed by atoms with E-state index in [-0.39, 0.29) is 74.1 Å². The second kappa shape index (κ2) is 42.1. The van der Waals surface area contributed by atoms with Gasteiger partial charge in [-0.25, -0.2) is 16.8 Å². The minimum atomic E-state index is -3.19. The summed E-state index contributed by atoms with van der Waals surface area (Å²) < 4.78 is 53.0. The van der Waals surface area contributed by atoms with Crippen molar-refractivity contribution < 1.29 is 50.3 Å². The zero-order chi connectivity index (χ0) is 83.8. The highest BCUT2D eigenvalue weighted by Crippen LogP contribution is 2.35. The van der Waals surface area contributed by atoms with Gasteiger partial charge in [0.2, 0.25) is 0 Å².